The third-order valence-corrected chi connectivity index (χ3v) is 8.58. The number of halogens is 2. The molecule has 0 nitrogen and oxygen atoms in total. The Bertz CT molecular complexity index is 1050. The first-order valence-electron chi connectivity index (χ1n) is 9.42. The molecule has 1 radical (unpaired) electrons. The van der Waals surface area contributed by atoms with Crippen molar-refractivity contribution in [2.75, 3.05) is 0 Å². The van der Waals surface area contributed by atoms with E-state index < -0.39 is 8.80 Å². The predicted molar refractivity (Wildman–Crippen MR) is 134 cm³/mol. The van der Waals surface area contributed by atoms with E-state index in [-0.39, 0.29) is 0 Å². The minimum Gasteiger partial charge on any atom is -0.0624 e. The van der Waals surface area contributed by atoms with E-state index in [0.717, 1.165) is 8.95 Å². The molecule has 141 valence electrons. The lowest BCUT2D eigenvalue weighted by Gasteiger charge is -2.21. The molecule has 0 aliphatic carbocycles. The molecule has 0 atom stereocenters. The van der Waals surface area contributed by atoms with E-state index >= 15 is 0 Å². The summed E-state index contributed by atoms with van der Waals surface area (Å²) in [5.41, 5.74) is 2.47. The molecule has 0 bridgehead atoms. The molecule has 0 saturated heterocycles. The van der Waals surface area contributed by atoms with Crippen molar-refractivity contribution in [3.63, 3.8) is 0 Å². The maximum absolute atomic E-state index is 3.58. The third kappa shape index (κ3) is 5.05. The summed E-state index contributed by atoms with van der Waals surface area (Å²) in [4.78, 5) is 0. The molecule has 0 spiro atoms. The summed E-state index contributed by atoms with van der Waals surface area (Å²) in [6, 6.07) is 39.0. The first-order chi connectivity index (χ1) is 14.2. The molecule has 0 aliphatic rings. The molecule has 0 saturated carbocycles. The van der Waals surface area contributed by atoms with Gasteiger partial charge in [-0.2, -0.15) is 0 Å². The second-order valence-corrected chi connectivity index (χ2v) is 11.0. The lowest BCUT2D eigenvalue weighted by Crippen LogP contribution is -2.43. The Hall–Kier alpha value is -2.20. The van der Waals surface area contributed by atoms with Gasteiger partial charge in [-0.1, -0.05) is 133 Å². The van der Waals surface area contributed by atoms with Crippen LogP contribution in [0.3, 0.4) is 0 Å². The Morgan fingerprint density at radius 3 is 1.48 bits per heavy atom. The summed E-state index contributed by atoms with van der Waals surface area (Å²) in [5.74, 6) is 0. The molecule has 0 fully saturated rings. The lowest BCUT2D eigenvalue weighted by atomic mass is 10.1. The monoisotopic (exact) mass is 517 g/mol. The van der Waals surface area contributed by atoms with Gasteiger partial charge in [0, 0.05) is 8.95 Å². The van der Waals surface area contributed by atoms with Crippen molar-refractivity contribution in [1.29, 1.82) is 0 Å². The first kappa shape index (κ1) is 20.1. The Balaban J connectivity index is 1.93. The van der Waals surface area contributed by atoms with E-state index in [2.05, 4.69) is 147 Å². The number of hydrogen-bond donors (Lipinski definition) is 0. The van der Waals surface area contributed by atoms with E-state index in [4.69, 9.17) is 0 Å². The minimum atomic E-state index is -1.18. The molecule has 4 aromatic rings. The maximum atomic E-state index is 3.58. The predicted octanol–water partition coefficient (Wildman–Crippen LogP) is 6.60. The number of rotatable bonds is 5. The summed E-state index contributed by atoms with van der Waals surface area (Å²) in [6.45, 7) is 0. The van der Waals surface area contributed by atoms with Crippen LogP contribution in [-0.2, 0) is 0 Å². The van der Waals surface area contributed by atoms with Crippen molar-refractivity contribution < 1.29 is 0 Å². The first-order valence-corrected chi connectivity index (χ1v) is 12.5. The van der Waals surface area contributed by atoms with Gasteiger partial charge in [0.25, 0.3) is 0 Å². The van der Waals surface area contributed by atoms with Gasteiger partial charge in [-0.15, -0.1) is 0 Å². The van der Waals surface area contributed by atoms with E-state index in [1.54, 1.807) is 0 Å². The highest BCUT2D eigenvalue weighted by Gasteiger charge is 2.23. The van der Waals surface area contributed by atoms with Crippen LogP contribution in [0.25, 0.3) is 11.3 Å². The minimum absolute atomic E-state index is 1.09. The summed E-state index contributed by atoms with van der Waals surface area (Å²) >= 11 is 7.13. The molecule has 0 amide bonds. The van der Waals surface area contributed by atoms with Gasteiger partial charge in [0.15, 0.2) is 8.80 Å². The Morgan fingerprint density at radius 1 is 0.552 bits per heavy atom. The van der Waals surface area contributed by atoms with E-state index in [9.17, 15) is 0 Å². The smallest absolute Gasteiger partial charge is 0.0624 e. The maximum Gasteiger partial charge on any atom is 0.155 e. The normalized spacial score (nSPS) is 11.6. The van der Waals surface area contributed by atoms with Gasteiger partial charge in [-0.25, -0.2) is 0 Å². The summed E-state index contributed by atoms with van der Waals surface area (Å²) in [5, 5.41) is 4.15. The Kier molecular flexibility index (Phi) is 6.60. The molecule has 3 heteroatoms. The average molecular weight is 519 g/mol. The van der Waals surface area contributed by atoms with Crippen molar-refractivity contribution >= 4 is 62.3 Å². The van der Waals surface area contributed by atoms with Crippen LogP contribution in [0.4, 0.5) is 0 Å². The molecule has 4 aromatic carbocycles. The SMILES string of the molecule is Brc1ccc(/C=C(\c2ccc(Br)cc2)[Si](c2ccccc2)c2ccccc2)cc1. The van der Waals surface area contributed by atoms with Gasteiger partial charge in [0.1, 0.15) is 0 Å². The van der Waals surface area contributed by atoms with Gasteiger partial charge in [-0.3, -0.25) is 0 Å². The Morgan fingerprint density at radius 2 is 1.00 bits per heavy atom. The van der Waals surface area contributed by atoms with Gasteiger partial charge in [-0.05, 0) is 40.6 Å². The van der Waals surface area contributed by atoms with Crippen LogP contribution in [0.2, 0.25) is 0 Å². The van der Waals surface area contributed by atoms with Crippen molar-refractivity contribution in [3.05, 3.63) is 129 Å². The zero-order valence-corrected chi connectivity index (χ0v) is 19.9. The Labute approximate surface area is 190 Å². The number of hydrogen-bond acceptors (Lipinski definition) is 0. The molecule has 0 heterocycles. The van der Waals surface area contributed by atoms with Crippen molar-refractivity contribution in [2.45, 2.75) is 0 Å². The largest absolute Gasteiger partial charge is 0.155 e. The molecular weight excluding hydrogens is 500 g/mol. The van der Waals surface area contributed by atoms with Crippen molar-refractivity contribution in [2.24, 2.45) is 0 Å². The van der Waals surface area contributed by atoms with Crippen LogP contribution in [0, 0.1) is 0 Å². The van der Waals surface area contributed by atoms with E-state index in [1.807, 2.05) is 0 Å². The van der Waals surface area contributed by atoms with Crippen LogP contribution in [0.1, 0.15) is 11.1 Å². The molecular formula is C26H19Br2Si. The van der Waals surface area contributed by atoms with E-state index in [1.165, 1.54) is 26.7 Å². The quantitative estimate of drug-likeness (QED) is 0.206. The lowest BCUT2D eigenvalue weighted by molar-refractivity contribution is 1.59. The van der Waals surface area contributed by atoms with Crippen LogP contribution in [0.15, 0.2) is 118 Å². The fourth-order valence-corrected chi connectivity index (χ4v) is 6.64. The highest BCUT2D eigenvalue weighted by Crippen LogP contribution is 2.24. The molecule has 0 aromatic heterocycles. The standard InChI is InChI=1S/C26H19Br2Si/c27-22-15-11-20(12-16-22)19-26(21-13-17-23(28)18-14-21)29(24-7-3-1-4-8-24)25-9-5-2-6-10-25/h1-19H/b26-19+. The highest BCUT2D eigenvalue weighted by molar-refractivity contribution is 9.10. The molecule has 0 aliphatic heterocycles. The molecule has 29 heavy (non-hydrogen) atoms. The van der Waals surface area contributed by atoms with Crippen LogP contribution in [0.5, 0.6) is 0 Å². The fraction of sp³-hybridized carbons (Fsp3) is 0. The van der Waals surface area contributed by atoms with Gasteiger partial charge >= 0.3 is 0 Å². The molecule has 0 unspecified atom stereocenters. The topological polar surface area (TPSA) is 0 Å². The summed E-state index contributed by atoms with van der Waals surface area (Å²) in [6.07, 6.45) is 2.35. The van der Waals surface area contributed by atoms with Crippen LogP contribution < -0.4 is 10.4 Å². The summed E-state index contributed by atoms with van der Waals surface area (Å²) < 4.78 is 2.19. The van der Waals surface area contributed by atoms with Crippen molar-refractivity contribution in [3.8, 4) is 0 Å². The van der Waals surface area contributed by atoms with Crippen LogP contribution in [-0.4, -0.2) is 8.80 Å². The average Bonchev–Trinajstić information content (AvgIpc) is 2.77. The second-order valence-electron chi connectivity index (χ2n) is 6.72. The zero-order valence-electron chi connectivity index (χ0n) is 15.7. The van der Waals surface area contributed by atoms with Gasteiger partial charge < -0.3 is 0 Å². The fourth-order valence-electron chi connectivity index (χ4n) is 3.34. The number of benzene rings is 4. The second kappa shape index (κ2) is 9.53. The third-order valence-electron chi connectivity index (χ3n) is 4.73. The summed E-state index contributed by atoms with van der Waals surface area (Å²) in [7, 11) is -1.18. The van der Waals surface area contributed by atoms with Gasteiger partial charge in [0.2, 0.25) is 0 Å². The highest BCUT2D eigenvalue weighted by atomic mass is 79.9. The van der Waals surface area contributed by atoms with Gasteiger partial charge in [0.05, 0.1) is 0 Å². The van der Waals surface area contributed by atoms with Crippen LogP contribution >= 0.6 is 31.9 Å². The van der Waals surface area contributed by atoms with Crippen molar-refractivity contribution in [1.82, 2.24) is 0 Å². The molecule has 0 N–H and O–H groups in total. The zero-order chi connectivity index (χ0) is 20.1. The van der Waals surface area contributed by atoms with E-state index in [0.29, 0.717) is 0 Å². The molecule has 4 rings (SSSR count).